The number of nitrogens with zero attached hydrogens (tertiary/aromatic N) is 4. The van der Waals surface area contributed by atoms with E-state index in [1.54, 1.807) is 29.4 Å². The second kappa shape index (κ2) is 6.93. The van der Waals surface area contributed by atoms with Crippen LogP contribution in [0.1, 0.15) is 21.7 Å². The van der Waals surface area contributed by atoms with E-state index in [1.807, 2.05) is 17.7 Å². The lowest BCUT2D eigenvalue weighted by Crippen LogP contribution is -2.38. The maximum absolute atomic E-state index is 12.9. The molecule has 1 atom stereocenters. The van der Waals surface area contributed by atoms with Crippen molar-refractivity contribution in [1.29, 1.82) is 0 Å². The monoisotopic (exact) mass is 363 g/mol. The summed E-state index contributed by atoms with van der Waals surface area (Å²) in [7, 11) is -3.29. The van der Waals surface area contributed by atoms with Crippen molar-refractivity contribution in [2.45, 2.75) is 20.0 Å². The zero-order valence-corrected chi connectivity index (χ0v) is 15.0. The Hall–Kier alpha value is -2.26. The molecule has 9 heteroatoms. The molecule has 0 spiro atoms. The molecule has 1 aliphatic heterocycles. The predicted octanol–water partition coefficient (Wildman–Crippen LogP) is 0.408. The number of pyridine rings is 1. The van der Waals surface area contributed by atoms with Gasteiger partial charge in [0.15, 0.2) is 0 Å². The van der Waals surface area contributed by atoms with Crippen LogP contribution in [0.3, 0.4) is 0 Å². The molecule has 3 rings (SSSR count). The van der Waals surface area contributed by atoms with E-state index in [4.69, 9.17) is 0 Å². The topological polar surface area (TPSA) is 97.2 Å². The molecule has 1 N–H and O–H groups in total. The Balaban J connectivity index is 1.82. The van der Waals surface area contributed by atoms with Gasteiger partial charge in [-0.05, 0) is 25.1 Å². The molecule has 0 fully saturated rings. The van der Waals surface area contributed by atoms with Crippen LogP contribution in [-0.2, 0) is 23.1 Å². The fourth-order valence-electron chi connectivity index (χ4n) is 2.86. The first-order valence-electron chi connectivity index (χ1n) is 7.99. The molecule has 0 unspecified atom stereocenters. The van der Waals surface area contributed by atoms with Crippen molar-refractivity contribution in [2.24, 2.45) is 5.92 Å². The van der Waals surface area contributed by atoms with Crippen molar-refractivity contribution in [2.75, 3.05) is 19.3 Å². The number of carbonyl (C=O) groups is 1. The van der Waals surface area contributed by atoms with Crippen LogP contribution in [0.5, 0.6) is 0 Å². The molecule has 0 bridgehead atoms. The summed E-state index contributed by atoms with van der Waals surface area (Å²) in [6, 6.07) is 5.44. The smallest absolute Gasteiger partial charge is 0.255 e. The maximum Gasteiger partial charge on any atom is 0.255 e. The Morgan fingerprint density at radius 2 is 2.12 bits per heavy atom. The van der Waals surface area contributed by atoms with Gasteiger partial charge in [-0.25, -0.2) is 13.1 Å². The van der Waals surface area contributed by atoms with E-state index in [0.29, 0.717) is 25.2 Å². The largest absolute Gasteiger partial charge is 0.332 e. The van der Waals surface area contributed by atoms with Gasteiger partial charge in [0.1, 0.15) is 0 Å². The van der Waals surface area contributed by atoms with Crippen LogP contribution in [0.15, 0.2) is 30.6 Å². The van der Waals surface area contributed by atoms with Crippen molar-refractivity contribution in [3.63, 3.8) is 0 Å². The van der Waals surface area contributed by atoms with Gasteiger partial charge >= 0.3 is 0 Å². The highest BCUT2D eigenvalue weighted by Crippen LogP contribution is 2.18. The van der Waals surface area contributed by atoms with Crippen LogP contribution in [0.4, 0.5) is 0 Å². The van der Waals surface area contributed by atoms with Gasteiger partial charge in [0.05, 0.1) is 24.1 Å². The average molecular weight is 363 g/mol. The number of hydrogen-bond acceptors (Lipinski definition) is 5. The summed E-state index contributed by atoms with van der Waals surface area (Å²) in [6.45, 7) is 3.56. The molecule has 25 heavy (non-hydrogen) atoms. The van der Waals surface area contributed by atoms with Crippen molar-refractivity contribution < 1.29 is 13.2 Å². The molecule has 0 aliphatic carbocycles. The quantitative estimate of drug-likeness (QED) is 0.848. The summed E-state index contributed by atoms with van der Waals surface area (Å²) < 4.78 is 27.2. The Kier molecular flexibility index (Phi) is 4.87. The zero-order valence-electron chi connectivity index (χ0n) is 14.2. The highest BCUT2D eigenvalue weighted by molar-refractivity contribution is 7.88. The molecule has 2 aromatic heterocycles. The molecule has 0 aromatic carbocycles. The molecule has 0 radical (unpaired) electrons. The third kappa shape index (κ3) is 4.43. The summed E-state index contributed by atoms with van der Waals surface area (Å²) >= 11 is 0. The molecular formula is C16H21N5O3S. The van der Waals surface area contributed by atoms with Crippen molar-refractivity contribution in [3.8, 4) is 0 Å². The number of fused-ring (bicyclic) bond motifs is 1. The average Bonchev–Trinajstić information content (AvgIpc) is 2.90. The van der Waals surface area contributed by atoms with E-state index in [-0.39, 0.29) is 18.4 Å². The van der Waals surface area contributed by atoms with E-state index in [0.717, 1.165) is 17.6 Å². The second-order valence-corrected chi connectivity index (χ2v) is 8.20. The molecule has 2 aromatic rings. The predicted molar refractivity (Wildman–Crippen MR) is 92.3 cm³/mol. The highest BCUT2D eigenvalue weighted by Gasteiger charge is 2.26. The van der Waals surface area contributed by atoms with E-state index in [2.05, 4.69) is 14.8 Å². The Morgan fingerprint density at radius 1 is 1.32 bits per heavy atom. The van der Waals surface area contributed by atoms with Gasteiger partial charge in [0.2, 0.25) is 10.0 Å². The normalized spacial score (nSPS) is 17.8. The summed E-state index contributed by atoms with van der Waals surface area (Å²) in [5.74, 6) is -0.190. The van der Waals surface area contributed by atoms with Crippen molar-refractivity contribution >= 4 is 15.9 Å². The van der Waals surface area contributed by atoms with Gasteiger partial charge in [-0.3, -0.25) is 14.5 Å². The van der Waals surface area contributed by atoms with Crippen LogP contribution in [0, 0.1) is 12.8 Å². The van der Waals surface area contributed by atoms with Gasteiger partial charge in [0, 0.05) is 43.6 Å². The lowest BCUT2D eigenvalue weighted by molar-refractivity contribution is 0.0722. The van der Waals surface area contributed by atoms with Crippen LogP contribution in [0.2, 0.25) is 0 Å². The minimum atomic E-state index is -3.29. The molecule has 1 amide bonds. The Labute approximate surface area is 146 Å². The minimum absolute atomic E-state index is 0.0711. The van der Waals surface area contributed by atoms with Gasteiger partial charge in [-0.1, -0.05) is 0 Å². The van der Waals surface area contributed by atoms with E-state index in [1.165, 1.54) is 0 Å². The van der Waals surface area contributed by atoms with E-state index in [9.17, 15) is 13.2 Å². The standard InChI is InChI=1S/C16H21N5O3S/c1-12-3-4-14(8-17-12)16(22)20-9-13(7-19-25(2,23)24)10-21-15(11-20)5-6-18-21/h3-6,8,13,19H,7,9-11H2,1-2H3/t13-/m1/s1. The lowest BCUT2D eigenvalue weighted by Gasteiger charge is -2.24. The molecule has 8 nitrogen and oxygen atoms in total. The van der Waals surface area contributed by atoms with Crippen LogP contribution in [-0.4, -0.2) is 53.3 Å². The number of amides is 1. The van der Waals surface area contributed by atoms with Gasteiger partial charge in [0.25, 0.3) is 5.91 Å². The van der Waals surface area contributed by atoms with Crippen LogP contribution < -0.4 is 4.72 Å². The first kappa shape index (κ1) is 17.6. The summed E-state index contributed by atoms with van der Waals surface area (Å²) in [5, 5.41) is 4.28. The number of carbonyl (C=O) groups excluding carboxylic acids is 1. The van der Waals surface area contributed by atoms with Gasteiger partial charge in [-0.2, -0.15) is 5.10 Å². The molecule has 0 saturated carbocycles. The molecule has 134 valence electrons. The number of hydrogen-bond donors (Lipinski definition) is 1. The number of rotatable bonds is 4. The van der Waals surface area contributed by atoms with Crippen LogP contribution in [0.25, 0.3) is 0 Å². The van der Waals surface area contributed by atoms with Crippen molar-refractivity contribution in [3.05, 3.63) is 47.5 Å². The molecular weight excluding hydrogens is 342 g/mol. The third-order valence-electron chi connectivity index (χ3n) is 4.15. The van der Waals surface area contributed by atoms with Gasteiger partial charge in [-0.15, -0.1) is 0 Å². The number of aryl methyl sites for hydroxylation is 1. The highest BCUT2D eigenvalue weighted by atomic mass is 32.2. The van der Waals surface area contributed by atoms with Gasteiger partial charge < -0.3 is 4.90 Å². The molecule has 3 heterocycles. The Bertz CT molecular complexity index is 860. The SMILES string of the molecule is Cc1ccc(C(=O)N2Cc3ccnn3C[C@H](CNS(C)(=O)=O)C2)cn1. The zero-order chi connectivity index (χ0) is 18.0. The first-order chi connectivity index (χ1) is 11.8. The summed E-state index contributed by atoms with van der Waals surface area (Å²) in [6.07, 6.45) is 4.39. The number of nitrogens with one attached hydrogen (secondary N) is 1. The Morgan fingerprint density at radius 3 is 2.80 bits per heavy atom. The first-order valence-corrected chi connectivity index (χ1v) is 9.88. The fraction of sp³-hybridized carbons (Fsp3) is 0.438. The number of aromatic nitrogens is 3. The van der Waals surface area contributed by atoms with Crippen molar-refractivity contribution in [1.82, 2.24) is 24.4 Å². The molecule has 0 saturated heterocycles. The third-order valence-corrected chi connectivity index (χ3v) is 4.84. The fourth-order valence-corrected chi connectivity index (χ4v) is 3.40. The minimum Gasteiger partial charge on any atom is -0.332 e. The van der Waals surface area contributed by atoms with Crippen LogP contribution >= 0.6 is 0 Å². The maximum atomic E-state index is 12.9. The molecule has 1 aliphatic rings. The summed E-state index contributed by atoms with van der Waals surface area (Å²) in [5.41, 5.74) is 2.30. The number of sulfonamides is 1. The van der Waals surface area contributed by atoms with E-state index >= 15 is 0 Å². The second-order valence-electron chi connectivity index (χ2n) is 6.37. The summed E-state index contributed by atoms with van der Waals surface area (Å²) in [4.78, 5) is 18.8. The van der Waals surface area contributed by atoms with E-state index < -0.39 is 10.0 Å². The lowest BCUT2D eigenvalue weighted by atomic mass is 10.1.